The summed E-state index contributed by atoms with van der Waals surface area (Å²) in [6.07, 6.45) is 4.98. The molecule has 0 bridgehead atoms. The smallest absolute Gasteiger partial charge is 0.342 e. The summed E-state index contributed by atoms with van der Waals surface area (Å²) in [5.41, 5.74) is 6.95. The van der Waals surface area contributed by atoms with Crippen molar-refractivity contribution in [3.05, 3.63) is 34.8 Å². The van der Waals surface area contributed by atoms with Gasteiger partial charge in [0, 0.05) is 19.9 Å². The molecule has 0 aliphatic rings. The molecule has 3 heterocycles. The maximum absolute atomic E-state index is 10.9. The van der Waals surface area contributed by atoms with Crippen molar-refractivity contribution in [2.45, 2.75) is 26.4 Å². The van der Waals surface area contributed by atoms with Crippen LogP contribution in [0.4, 0.5) is 11.6 Å². The predicted molar refractivity (Wildman–Crippen MR) is 78.0 cm³/mol. The third-order valence-electron chi connectivity index (χ3n) is 3.43. The van der Waals surface area contributed by atoms with Crippen LogP contribution in [0.15, 0.2) is 18.9 Å². The number of aromatic nitrogens is 6. The van der Waals surface area contributed by atoms with E-state index in [4.69, 9.17) is 5.73 Å². The Morgan fingerprint density at radius 2 is 2.09 bits per heavy atom. The van der Waals surface area contributed by atoms with Gasteiger partial charge in [-0.1, -0.05) is 0 Å². The minimum atomic E-state index is -0.430. The molecule has 0 aromatic carbocycles. The zero-order chi connectivity index (χ0) is 15.7. The van der Waals surface area contributed by atoms with E-state index in [1.165, 1.54) is 12.5 Å². The molecule has 3 rings (SSSR count). The Morgan fingerprint density at radius 1 is 1.27 bits per heavy atom. The second-order valence-electron chi connectivity index (χ2n) is 4.79. The Hall–Kier alpha value is -3.04. The summed E-state index contributed by atoms with van der Waals surface area (Å²) >= 11 is 0. The van der Waals surface area contributed by atoms with Crippen LogP contribution in [-0.4, -0.2) is 34.0 Å². The highest BCUT2D eigenvalue weighted by molar-refractivity contribution is 5.80. The van der Waals surface area contributed by atoms with Gasteiger partial charge in [0.25, 0.3) is 0 Å². The van der Waals surface area contributed by atoms with Crippen LogP contribution >= 0.6 is 0 Å². The zero-order valence-corrected chi connectivity index (χ0v) is 11.9. The number of nitrogens with two attached hydrogens (primary N) is 1. The van der Waals surface area contributed by atoms with E-state index in [1.807, 2.05) is 4.57 Å². The quantitative estimate of drug-likeness (QED) is 0.547. The molecule has 0 aliphatic carbocycles. The molecule has 0 unspecified atom stereocenters. The van der Waals surface area contributed by atoms with E-state index in [9.17, 15) is 10.1 Å². The van der Waals surface area contributed by atoms with Crippen LogP contribution in [0.1, 0.15) is 12.2 Å². The molecule has 0 saturated heterocycles. The Kier molecular flexibility index (Phi) is 3.41. The zero-order valence-electron chi connectivity index (χ0n) is 11.9. The lowest BCUT2D eigenvalue weighted by atomic mass is 10.4. The Morgan fingerprint density at radius 3 is 2.86 bits per heavy atom. The normalized spacial score (nSPS) is 11.1. The van der Waals surface area contributed by atoms with Gasteiger partial charge in [-0.05, 0) is 4.92 Å². The first-order valence-corrected chi connectivity index (χ1v) is 6.65. The van der Waals surface area contributed by atoms with Gasteiger partial charge in [-0.25, -0.2) is 24.5 Å². The molecule has 3 aromatic heterocycles. The average molecular weight is 302 g/mol. The highest BCUT2D eigenvalue weighted by atomic mass is 16.6. The molecular formula is C12H14N8O2. The predicted octanol–water partition coefficient (Wildman–Crippen LogP) is 0.912. The van der Waals surface area contributed by atoms with Gasteiger partial charge in [-0.15, -0.1) is 0 Å². The first-order valence-electron chi connectivity index (χ1n) is 6.65. The standard InChI is InChI=1S/C12H14N8O2/c1-8-14-5-9(20(21)22)19(8)4-2-3-18-7-17-10-11(13)15-6-16-12(10)18/h5-7H,2-4H2,1H3,(H2,13,15,16). The number of fused-ring (bicyclic) bond motifs is 1. The molecule has 0 fully saturated rings. The van der Waals surface area contributed by atoms with E-state index in [2.05, 4.69) is 19.9 Å². The summed E-state index contributed by atoms with van der Waals surface area (Å²) in [6.45, 7) is 2.84. The molecule has 3 aromatic rings. The van der Waals surface area contributed by atoms with Crippen molar-refractivity contribution < 1.29 is 4.92 Å². The molecule has 0 amide bonds. The van der Waals surface area contributed by atoms with E-state index >= 15 is 0 Å². The van der Waals surface area contributed by atoms with Gasteiger partial charge in [0.2, 0.25) is 0 Å². The van der Waals surface area contributed by atoms with Crippen molar-refractivity contribution in [3.63, 3.8) is 0 Å². The fourth-order valence-electron chi connectivity index (χ4n) is 2.34. The number of imidazole rings is 2. The molecule has 2 N–H and O–H groups in total. The number of hydrogen-bond acceptors (Lipinski definition) is 7. The van der Waals surface area contributed by atoms with Crippen LogP contribution in [0.2, 0.25) is 0 Å². The minimum Gasteiger partial charge on any atom is -0.382 e. The Labute approximate surface area is 124 Å². The highest BCUT2D eigenvalue weighted by Gasteiger charge is 2.17. The molecule has 22 heavy (non-hydrogen) atoms. The van der Waals surface area contributed by atoms with Gasteiger partial charge < -0.3 is 20.4 Å². The van der Waals surface area contributed by atoms with E-state index in [0.717, 1.165) is 0 Å². The first kappa shape index (κ1) is 13.9. The van der Waals surface area contributed by atoms with Crippen LogP contribution < -0.4 is 5.73 Å². The van der Waals surface area contributed by atoms with Crippen molar-refractivity contribution in [2.24, 2.45) is 0 Å². The number of nitro groups is 1. The van der Waals surface area contributed by atoms with Gasteiger partial charge >= 0.3 is 5.82 Å². The summed E-state index contributed by atoms with van der Waals surface area (Å²) in [4.78, 5) is 26.7. The molecule has 10 nitrogen and oxygen atoms in total. The lowest BCUT2D eigenvalue weighted by molar-refractivity contribution is -0.392. The van der Waals surface area contributed by atoms with Crippen molar-refractivity contribution >= 4 is 22.8 Å². The van der Waals surface area contributed by atoms with Crippen LogP contribution in [0.25, 0.3) is 11.2 Å². The van der Waals surface area contributed by atoms with Gasteiger partial charge in [-0.2, -0.15) is 0 Å². The van der Waals surface area contributed by atoms with Gasteiger partial charge in [0.05, 0.1) is 12.9 Å². The number of anilines is 1. The first-order chi connectivity index (χ1) is 10.6. The molecule has 0 atom stereocenters. The van der Waals surface area contributed by atoms with E-state index in [0.29, 0.717) is 42.3 Å². The van der Waals surface area contributed by atoms with Crippen LogP contribution in [0.5, 0.6) is 0 Å². The molecular weight excluding hydrogens is 288 g/mol. The molecule has 0 saturated carbocycles. The van der Waals surface area contributed by atoms with Gasteiger partial charge in [0.15, 0.2) is 17.3 Å². The summed E-state index contributed by atoms with van der Waals surface area (Å²) in [5.74, 6) is 0.957. The summed E-state index contributed by atoms with van der Waals surface area (Å²) in [5, 5.41) is 10.9. The van der Waals surface area contributed by atoms with Gasteiger partial charge in [-0.3, -0.25) is 0 Å². The van der Waals surface area contributed by atoms with E-state index < -0.39 is 4.92 Å². The second kappa shape index (κ2) is 5.39. The van der Waals surface area contributed by atoms with Crippen LogP contribution in [0.3, 0.4) is 0 Å². The number of nitrogen functional groups attached to an aromatic ring is 1. The minimum absolute atomic E-state index is 0.000409. The summed E-state index contributed by atoms with van der Waals surface area (Å²) in [7, 11) is 0. The molecule has 10 heteroatoms. The highest BCUT2D eigenvalue weighted by Crippen LogP contribution is 2.16. The number of nitrogens with zero attached hydrogens (tertiary/aromatic N) is 7. The lowest BCUT2D eigenvalue weighted by Gasteiger charge is -2.05. The van der Waals surface area contributed by atoms with E-state index in [-0.39, 0.29) is 5.82 Å². The third-order valence-corrected chi connectivity index (χ3v) is 3.43. The number of rotatable bonds is 5. The molecule has 0 aliphatic heterocycles. The maximum atomic E-state index is 10.9. The Balaban J connectivity index is 1.74. The summed E-state index contributed by atoms with van der Waals surface area (Å²) < 4.78 is 3.44. The molecule has 0 spiro atoms. The van der Waals surface area contributed by atoms with Crippen LogP contribution in [0, 0.1) is 17.0 Å². The van der Waals surface area contributed by atoms with E-state index in [1.54, 1.807) is 17.8 Å². The molecule has 0 radical (unpaired) electrons. The lowest BCUT2D eigenvalue weighted by Crippen LogP contribution is -2.08. The SMILES string of the molecule is Cc1ncc([N+](=O)[O-])n1CCCn1cnc2c(N)ncnc21. The Bertz CT molecular complexity index is 837. The number of hydrogen-bond donors (Lipinski definition) is 1. The van der Waals surface area contributed by atoms with Crippen molar-refractivity contribution in [3.8, 4) is 0 Å². The number of aryl methyl sites for hydroxylation is 2. The second-order valence-corrected chi connectivity index (χ2v) is 4.79. The molecule has 114 valence electrons. The van der Waals surface area contributed by atoms with Crippen molar-refractivity contribution in [1.29, 1.82) is 0 Å². The fourth-order valence-corrected chi connectivity index (χ4v) is 2.34. The van der Waals surface area contributed by atoms with Crippen LogP contribution in [-0.2, 0) is 13.1 Å². The van der Waals surface area contributed by atoms with Gasteiger partial charge in [0.1, 0.15) is 18.0 Å². The maximum Gasteiger partial charge on any atom is 0.342 e. The fraction of sp³-hybridized carbons (Fsp3) is 0.333. The third kappa shape index (κ3) is 2.34. The average Bonchev–Trinajstić information content (AvgIpc) is 3.05. The summed E-state index contributed by atoms with van der Waals surface area (Å²) in [6, 6.07) is 0. The van der Waals surface area contributed by atoms with Crippen molar-refractivity contribution in [1.82, 2.24) is 29.1 Å². The largest absolute Gasteiger partial charge is 0.382 e. The van der Waals surface area contributed by atoms with Crippen molar-refractivity contribution in [2.75, 3.05) is 5.73 Å². The monoisotopic (exact) mass is 302 g/mol. The topological polar surface area (TPSA) is 131 Å².